The van der Waals surface area contributed by atoms with Crippen molar-refractivity contribution < 1.29 is 17.9 Å². The summed E-state index contributed by atoms with van der Waals surface area (Å²) < 4.78 is 48.8. The van der Waals surface area contributed by atoms with Gasteiger partial charge in [-0.3, -0.25) is 0 Å². The first kappa shape index (κ1) is 22.4. The van der Waals surface area contributed by atoms with E-state index in [1.54, 1.807) is 19.2 Å². The first-order valence-corrected chi connectivity index (χ1v) is 10.4. The van der Waals surface area contributed by atoms with Crippen LogP contribution in [0.2, 0.25) is 0 Å². The maximum Gasteiger partial charge on any atom is 0.282 e. The van der Waals surface area contributed by atoms with Crippen molar-refractivity contribution in [2.75, 3.05) is 12.3 Å². The molecule has 4 rings (SSSR count). The number of hydrogen-bond donors (Lipinski definition) is 3. The van der Waals surface area contributed by atoms with Gasteiger partial charge in [0.1, 0.15) is 17.6 Å². The number of nitrogens with two attached hydrogens (primary N) is 1. The zero-order valence-electron chi connectivity index (χ0n) is 18.1. The summed E-state index contributed by atoms with van der Waals surface area (Å²) in [6.07, 6.45) is -0.658. The Labute approximate surface area is 188 Å². The minimum Gasteiger partial charge on any atom is -0.482 e. The normalized spacial score (nSPS) is 17.9. The Morgan fingerprint density at radius 1 is 1.33 bits per heavy atom. The highest BCUT2D eigenvalue weighted by atomic mass is 19.3. The van der Waals surface area contributed by atoms with Gasteiger partial charge in [0.15, 0.2) is 11.6 Å². The molecule has 10 heteroatoms. The maximum absolute atomic E-state index is 14.2. The van der Waals surface area contributed by atoms with E-state index in [2.05, 4.69) is 15.4 Å². The molecule has 3 heterocycles. The van der Waals surface area contributed by atoms with E-state index in [-0.39, 0.29) is 18.0 Å². The van der Waals surface area contributed by atoms with E-state index in [4.69, 9.17) is 15.9 Å². The summed E-state index contributed by atoms with van der Waals surface area (Å²) >= 11 is 0. The molecule has 1 aromatic carbocycles. The molecule has 1 unspecified atom stereocenters. The molecule has 1 aliphatic heterocycles. The van der Waals surface area contributed by atoms with E-state index in [1.165, 1.54) is 28.9 Å². The number of nitrogens with one attached hydrogen (secondary N) is 2. The number of benzene rings is 1. The SMILES string of the molecule is CCN/C1=C(\C=N)Cc2cc(C(F)F)nn2-c2ccc(F)cc2C(C)Oc2cc1cnc2N. The van der Waals surface area contributed by atoms with Crippen LogP contribution in [-0.2, 0) is 6.42 Å². The molecule has 7 nitrogen and oxygen atoms in total. The fourth-order valence-corrected chi connectivity index (χ4v) is 3.85. The third-order valence-electron chi connectivity index (χ3n) is 5.38. The molecule has 1 atom stereocenters. The largest absolute Gasteiger partial charge is 0.482 e. The number of anilines is 1. The number of hydrogen-bond acceptors (Lipinski definition) is 6. The second-order valence-corrected chi connectivity index (χ2v) is 7.60. The van der Waals surface area contributed by atoms with Crippen molar-refractivity contribution in [2.45, 2.75) is 32.8 Å². The first-order valence-electron chi connectivity index (χ1n) is 10.4. The van der Waals surface area contributed by atoms with Gasteiger partial charge in [0.05, 0.1) is 5.69 Å². The van der Waals surface area contributed by atoms with Crippen LogP contribution in [0.3, 0.4) is 0 Å². The van der Waals surface area contributed by atoms with E-state index in [0.29, 0.717) is 40.3 Å². The highest BCUT2D eigenvalue weighted by Crippen LogP contribution is 2.34. The molecule has 172 valence electrons. The van der Waals surface area contributed by atoms with Crippen molar-refractivity contribution >= 4 is 17.7 Å². The number of aromatic nitrogens is 3. The van der Waals surface area contributed by atoms with Crippen LogP contribution in [-0.4, -0.2) is 27.5 Å². The average molecular weight is 456 g/mol. The van der Waals surface area contributed by atoms with Gasteiger partial charge in [0.25, 0.3) is 6.43 Å². The van der Waals surface area contributed by atoms with Crippen molar-refractivity contribution in [2.24, 2.45) is 0 Å². The van der Waals surface area contributed by atoms with E-state index in [1.807, 2.05) is 6.92 Å². The number of nitrogen functional groups attached to an aromatic ring is 1. The number of nitrogens with zero attached hydrogens (tertiary/aromatic N) is 3. The van der Waals surface area contributed by atoms with Crippen LogP contribution in [0.5, 0.6) is 5.75 Å². The minimum absolute atomic E-state index is 0.122. The van der Waals surface area contributed by atoms with Crippen LogP contribution < -0.4 is 15.8 Å². The summed E-state index contributed by atoms with van der Waals surface area (Å²) in [5.41, 5.74) is 8.57. The lowest BCUT2D eigenvalue weighted by Crippen LogP contribution is -2.18. The van der Waals surface area contributed by atoms with Gasteiger partial charge in [-0.1, -0.05) is 0 Å². The predicted molar refractivity (Wildman–Crippen MR) is 119 cm³/mol. The fraction of sp³-hybridized carbons (Fsp3) is 0.261. The minimum atomic E-state index is -2.79. The summed E-state index contributed by atoms with van der Waals surface area (Å²) in [5.74, 6) is -0.0782. The maximum atomic E-state index is 14.2. The Kier molecular flexibility index (Phi) is 6.08. The molecule has 33 heavy (non-hydrogen) atoms. The fourth-order valence-electron chi connectivity index (χ4n) is 3.85. The van der Waals surface area contributed by atoms with E-state index >= 15 is 0 Å². The van der Waals surface area contributed by atoms with Crippen molar-refractivity contribution in [3.63, 3.8) is 0 Å². The Morgan fingerprint density at radius 2 is 2.12 bits per heavy atom. The van der Waals surface area contributed by atoms with Crippen LogP contribution in [0.1, 0.15) is 48.9 Å². The number of allylic oxidation sites excluding steroid dienone is 1. The molecule has 0 spiro atoms. The zero-order chi connectivity index (χ0) is 23.7. The molecular weight excluding hydrogens is 433 g/mol. The lowest BCUT2D eigenvalue weighted by atomic mass is 10.0. The van der Waals surface area contributed by atoms with Crippen molar-refractivity contribution in [1.29, 1.82) is 5.41 Å². The number of rotatable bonds is 4. The summed E-state index contributed by atoms with van der Waals surface area (Å²) in [4.78, 5) is 4.22. The summed E-state index contributed by atoms with van der Waals surface area (Å²) in [6, 6.07) is 6.99. The van der Waals surface area contributed by atoms with Crippen molar-refractivity contribution in [3.05, 3.63) is 70.4 Å². The number of fused-ring (bicyclic) bond motifs is 5. The third-order valence-corrected chi connectivity index (χ3v) is 5.38. The summed E-state index contributed by atoms with van der Waals surface area (Å²) in [6.45, 7) is 4.16. The zero-order valence-corrected chi connectivity index (χ0v) is 18.1. The van der Waals surface area contributed by atoms with Crippen LogP contribution in [0, 0.1) is 11.2 Å². The molecule has 1 aliphatic rings. The highest BCUT2D eigenvalue weighted by Gasteiger charge is 2.24. The van der Waals surface area contributed by atoms with Crippen LogP contribution in [0.15, 0.2) is 42.1 Å². The molecule has 0 fully saturated rings. The molecule has 0 aliphatic carbocycles. The smallest absolute Gasteiger partial charge is 0.282 e. The van der Waals surface area contributed by atoms with Crippen LogP contribution >= 0.6 is 0 Å². The lowest BCUT2D eigenvalue weighted by molar-refractivity contribution is 0.145. The van der Waals surface area contributed by atoms with Gasteiger partial charge in [0.2, 0.25) is 0 Å². The monoisotopic (exact) mass is 456 g/mol. The Balaban J connectivity index is 2.04. The van der Waals surface area contributed by atoms with E-state index in [0.717, 1.165) is 6.21 Å². The Bertz CT molecular complexity index is 1240. The quantitative estimate of drug-likeness (QED) is 0.499. The number of halogens is 3. The second-order valence-electron chi connectivity index (χ2n) is 7.60. The van der Waals surface area contributed by atoms with Crippen molar-refractivity contribution in [1.82, 2.24) is 20.1 Å². The molecule has 2 aromatic heterocycles. The topological polar surface area (TPSA) is 102 Å². The Hall–Kier alpha value is -3.82. The van der Waals surface area contributed by atoms with Gasteiger partial charge in [-0.2, -0.15) is 5.10 Å². The number of pyridine rings is 1. The van der Waals surface area contributed by atoms with Gasteiger partial charge in [-0.25, -0.2) is 22.8 Å². The molecule has 3 aromatic rings. The highest BCUT2D eigenvalue weighted by molar-refractivity contribution is 5.89. The molecule has 0 radical (unpaired) electrons. The van der Waals surface area contributed by atoms with Gasteiger partial charge in [0, 0.05) is 47.9 Å². The molecule has 0 saturated carbocycles. The van der Waals surface area contributed by atoms with E-state index in [9.17, 15) is 13.2 Å². The van der Waals surface area contributed by atoms with Gasteiger partial charge < -0.3 is 21.2 Å². The summed E-state index contributed by atoms with van der Waals surface area (Å²) in [5, 5.41) is 15.4. The standard InChI is InChI=1S/C23H23F3N6O/c1-3-29-21-13(10-27)6-16-9-18(22(25)26)31-32(16)19-5-4-15(24)8-17(19)12(2)33-20-7-14(21)11-30-23(20)28/h4-5,7-12,22,27,29H,3,6H2,1-2H3,(H2,28,30)/b21-13-,27-10?. The van der Waals surface area contributed by atoms with Crippen LogP contribution in [0.4, 0.5) is 19.0 Å². The molecule has 0 saturated heterocycles. The van der Waals surface area contributed by atoms with Gasteiger partial charge in [-0.15, -0.1) is 0 Å². The molecule has 2 bridgehead atoms. The third kappa shape index (κ3) is 4.28. The Morgan fingerprint density at radius 3 is 2.82 bits per heavy atom. The van der Waals surface area contributed by atoms with Crippen LogP contribution in [0.25, 0.3) is 11.4 Å². The van der Waals surface area contributed by atoms with E-state index < -0.39 is 24.0 Å². The number of ether oxygens (including phenoxy) is 1. The average Bonchev–Trinajstić information content (AvgIpc) is 3.21. The number of alkyl halides is 2. The first-order chi connectivity index (χ1) is 15.8. The van der Waals surface area contributed by atoms with Crippen molar-refractivity contribution in [3.8, 4) is 11.4 Å². The molecule has 0 amide bonds. The van der Waals surface area contributed by atoms with Gasteiger partial charge in [-0.05, 0) is 49.8 Å². The van der Waals surface area contributed by atoms with Gasteiger partial charge >= 0.3 is 0 Å². The second kappa shape index (κ2) is 8.97. The molecule has 4 N–H and O–H groups in total. The predicted octanol–water partition coefficient (Wildman–Crippen LogP) is 4.59. The lowest BCUT2D eigenvalue weighted by Gasteiger charge is -2.23. The molecular formula is C23H23F3N6O. The summed E-state index contributed by atoms with van der Waals surface area (Å²) in [7, 11) is 0.